The highest BCUT2D eigenvalue weighted by Crippen LogP contribution is 2.68. The average molecular weight is 570 g/mol. The molecule has 8 heteroatoms. The van der Waals surface area contributed by atoms with E-state index in [0.29, 0.717) is 18.7 Å². The van der Waals surface area contributed by atoms with Crippen LogP contribution in [0.15, 0.2) is 91.0 Å². The number of carbonyl (C=O) groups is 3. The number of fused-ring (bicyclic) bond motifs is 1. The van der Waals surface area contributed by atoms with Crippen LogP contribution in [-0.2, 0) is 27.3 Å². The van der Waals surface area contributed by atoms with Crippen LogP contribution in [0.2, 0.25) is 0 Å². The maximum atomic E-state index is 14.5. The minimum atomic E-state index is -0.802. The molecule has 0 saturated carbocycles. The van der Waals surface area contributed by atoms with Gasteiger partial charge in [0.25, 0.3) is 0 Å². The Bertz CT molecular complexity index is 1410. The first-order valence-electron chi connectivity index (χ1n) is 14.3. The number of carbonyl (C=O) groups excluding carboxylic acids is 3. The predicted molar refractivity (Wildman–Crippen MR) is 160 cm³/mol. The van der Waals surface area contributed by atoms with E-state index in [1.54, 1.807) is 16.7 Å². The van der Waals surface area contributed by atoms with Crippen LogP contribution in [0.5, 0.6) is 0 Å². The summed E-state index contributed by atoms with van der Waals surface area (Å²) in [5, 5.41) is 16.7. The van der Waals surface area contributed by atoms with Crippen LogP contribution in [0.4, 0.5) is 5.69 Å². The third kappa shape index (κ3) is 4.83. The molecule has 3 aliphatic heterocycles. The first-order valence-corrected chi connectivity index (χ1v) is 15.1. The van der Waals surface area contributed by atoms with Crippen LogP contribution < -0.4 is 10.6 Å². The van der Waals surface area contributed by atoms with Gasteiger partial charge >= 0.3 is 0 Å². The molecule has 3 N–H and O–H groups in total. The molecule has 0 aromatic heterocycles. The summed E-state index contributed by atoms with van der Waals surface area (Å²) in [6.07, 6.45) is 1.16. The van der Waals surface area contributed by atoms with Crippen LogP contribution in [-0.4, -0.2) is 56.4 Å². The number of rotatable bonds is 9. The number of para-hydroxylation sites is 1. The van der Waals surface area contributed by atoms with Crippen molar-refractivity contribution in [1.29, 1.82) is 0 Å². The Hall–Kier alpha value is -3.62. The molecule has 3 aromatic rings. The molecule has 3 amide bonds. The maximum absolute atomic E-state index is 14.5. The first kappa shape index (κ1) is 27.5. The lowest BCUT2D eigenvalue weighted by Gasteiger charge is -2.40. The van der Waals surface area contributed by atoms with Gasteiger partial charge in [-0.15, -0.1) is 11.8 Å². The number of likely N-dealkylation sites (tertiary alicyclic amines) is 1. The minimum Gasteiger partial charge on any atom is -0.394 e. The molecule has 7 nitrogen and oxygen atoms in total. The third-order valence-corrected chi connectivity index (χ3v) is 11.1. The summed E-state index contributed by atoms with van der Waals surface area (Å²) >= 11 is 1.64. The van der Waals surface area contributed by atoms with Gasteiger partial charge in [-0.05, 0) is 42.0 Å². The molecule has 1 spiro atoms. The Morgan fingerprint density at radius 1 is 0.951 bits per heavy atom. The van der Waals surface area contributed by atoms with E-state index in [1.807, 2.05) is 91.0 Å². The Balaban J connectivity index is 1.36. The zero-order chi connectivity index (χ0) is 28.6. The van der Waals surface area contributed by atoms with Crippen molar-refractivity contribution in [3.8, 4) is 0 Å². The van der Waals surface area contributed by atoms with Crippen molar-refractivity contribution in [1.82, 2.24) is 10.2 Å². The van der Waals surface area contributed by atoms with Crippen LogP contribution in [0.1, 0.15) is 24.5 Å². The summed E-state index contributed by atoms with van der Waals surface area (Å²) in [6.45, 7) is 2.15. The number of aliphatic hydroxyl groups excluding tert-OH is 1. The fraction of sp³-hybridized carbons (Fsp3) is 0.364. The first-order chi connectivity index (χ1) is 19.9. The highest BCUT2D eigenvalue weighted by Gasteiger charge is 2.76. The number of hydrogen-bond acceptors (Lipinski definition) is 5. The molecule has 3 fully saturated rings. The van der Waals surface area contributed by atoms with Crippen molar-refractivity contribution < 1.29 is 19.5 Å². The van der Waals surface area contributed by atoms with Crippen molar-refractivity contribution in [3.63, 3.8) is 0 Å². The molecule has 6 rings (SSSR count). The third-order valence-electron chi connectivity index (χ3n) is 9.00. The van der Waals surface area contributed by atoms with E-state index in [-0.39, 0.29) is 35.5 Å². The Labute approximate surface area is 244 Å². The molecule has 41 heavy (non-hydrogen) atoms. The quantitative estimate of drug-likeness (QED) is 0.363. The van der Waals surface area contributed by atoms with E-state index in [4.69, 9.17) is 0 Å². The van der Waals surface area contributed by atoms with Crippen LogP contribution >= 0.6 is 11.8 Å². The molecule has 212 valence electrons. The second-order valence-corrected chi connectivity index (χ2v) is 12.9. The molecular weight excluding hydrogens is 534 g/mol. The standard InChI is InChI=1S/C33H35N3O4S/c1-21-17-26-27(30(38)35-24-15-9-4-10-16-24)28-32(40)36(25(20-37)18-22-11-5-2-6-12-22)29(33(21,28)41-26)31(39)34-19-23-13-7-3-8-14-23/h2-16,21,25-29,37H,17-20H2,1H3,(H,34,39)(H,35,38)/t21?,25-,26-,27+,28+,29?,33?/m1/s1. The highest BCUT2D eigenvalue weighted by molar-refractivity contribution is 8.02. The molecule has 0 radical (unpaired) electrons. The predicted octanol–water partition coefficient (Wildman–Crippen LogP) is 3.88. The molecule has 2 bridgehead atoms. The van der Waals surface area contributed by atoms with E-state index < -0.39 is 28.7 Å². The Morgan fingerprint density at radius 3 is 2.20 bits per heavy atom. The number of anilines is 1. The highest BCUT2D eigenvalue weighted by atomic mass is 32.2. The molecule has 3 heterocycles. The Kier molecular flexibility index (Phi) is 7.62. The van der Waals surface area contributed by atoms with Crippen molar-refractivity contribution in [2.24, 2.45) is 17.8 Å². The zero-order valence-corrected chi connectivity index (χ0v) is 23.8. The molecule has 3 saturated heterocycles. The van der Waals surface area contributed by atoms with E-state index in [1.165, 1.54) is 0 Å². The average Bonchev–Trinajstić information content (AvgIpc) is 3.60. The van der Waals surface area contributed by atoms with Gasteiger partial charge in [-0.25, -0.2) is 0 Å². The monoisotopic (exact) mass is 569 g/mol. The summed E-state index contributed by atoms with van der Waals surface area (Å²) in [7, 11) is 0. The lowest BCUT2D eigenvalue weighted by Crippen LogP contribution is -2.58. The van der Waals surface area contributed by atoms with Gasteiger partial charge in [0.2, 0.25) is 17.7 Å². The van der Waals surface area contributed by atoms with Gasteiger partial charge in [-0.1, -0.05) is 85.8 Å². The van der Waals surface area contributed by atoms with E-state index in [9.17, 15) is 19.5 Å². The summed E-state index contributed by atoms with van der Waals surface area (Å²) in [5.41, 5.74) is 2.62. The number of nitrogens with one attached hydrogen (secondary N) is 2. The van der Waals surface area contributed by atoms with Crippen LogP contribution in [0.3, 0.4) is 0 Å². The second-order valence-electron chi connectivity index (χ2n) is 11.4. The largest absolute Gasteiger partial charge is 0.394 e. The van der Waals surface area contributed by atoms with Crippen LogP contribution in [0.25, 0.3) is 0 Å². The van der Waals surface area contributed by atoms with Crippen molar-refractivity contribution in [2.75, 3.05) is 11.9 Å². The second kappa shape index (κ2) is 11.3. The maximum Gasteiger partial charge on any atom is 0.244 e. The number of benzene rings is 3. The molecule has 3 aromatic carbocycles. The molecule has 7 atom stereocenters. The van der Waals surface area contributed by atoms with E-state index >= 15 is 0 Å². The Morgan fingerprint density at radius 2 is 1.56 bits per heavy atom. The number of aliphatic hydroxyl groups is 1. The van der Waals surface area contributed by atoms with Gasteiger partial charge in [0.15, 0.2) is 0 Å². The van der Waals surface area contributed by atoms with E-state index in [0.717, 1.165) is 17.5 Å². The summed E-state index contributed by atoms with van der Waals surface area (Å²) in [5.74, 6) is -1.80. The number of amides is 3. The molecule has 3 unspecified atom stereocenters. The number of thioether (sulfide) groups is 1. The van der Waals surface area contributed by atoms with E-state index in [2.05, 4.69) is 17.6 Å². The normalized spacial score (nSPS) is 28.8. The molecular formula is C33H35N3O4S. The van der Waals surface area contributed by atoms with Crippen molar-refractivity contribution in [3.05, 3.63) is 102 Å². The smallest absolute Gasteiger partial charge is 0.244 e. The fourth-order valence-corrected chi connectivity index (χ4v) is 9.63. The van der Waals surface area contributed by atoms with Gasteiger partial charge in [-0.2, -0.15) is 0 Å². The van der Waals surface area contributed by atoms with Gasteiger partial charge in [0, 0.05) is 17.5 Å². The number of nitrogens with zero attached hydrogens (tertiary/aromatic N) is 1. The molecule has 0 aliphatic carbocycles. The topological polar surface area (TPSA) is 98.7 Å². The lowest BCUT2D eigenvalue weighted by atomic mass is 9.66. The minimum absolute atomic E-state index is 0.0424. The van der Waals surface area contributed by atoms with Gasteiger partial charge in [-0.3, -0.25) is 14.4 Å². The van der Waals surface area contributed by atoms with Crippen molar-refractivity contribution >= 4 is 35.2 Å². The lowest BCUT2D eigenvalue weighted by molar-refractivity contribution is -0.142. The molecule has 3 aliphatic rings. The van der Waals surface area contributed by atoms with Crippen LogP contribution in [0, 0.1) is 17.8 Å². The summed E-state index contributed by atoms with van der Waals surface area (Å²) in [6, 6.07) is 27.3. The van der Waals surface area contributed by atoms with Crippen molar-refractivity contribution in [2.45, 2.75) is 48.4 Å². The van der Waals surface area contributed by atoms with Gasteiger partial charge in [0.05, 0.1) is 29.2 Å². The van der Waals surface area contributed by atoms with Gasteiger partial charge in [0.1, 0.15) is 6.04 Å². The van der Waals surface area contributed by atoms with Gasteiger partial charge < -0.3 is 20.6 Å². The fourth-order valence-electron chi connectivity index (χ4n) is 7.22. The summed E-state index contributed by atoms with van der Waals surface area (Å²) < 4.78 is -0.759. The zero-order valence-electron chi connectivity index (χ0n) is 23.0. The summed E-state index contributed by atoms with van der Waals surface area (Å²) in [4.78, 5) is 44.1. The SMILES string of the molecule is CC1C[C@H]2SC13C(C(=O)NCc1ccccc1)N([C@@H](CO)Cc1ccccc1)C(=O)[C@@H]3[C@H]2C(=O)Nc1ccccc1. The number of hydrogen-bond donors (Lipinski definition) is 3.